The molecule has 1 aliphatic rings. The molecule has 1 saturated carbocycles. The number of aryl methyl sites for hydroxylation is 1. The van der Waals surface area contributed by atoms with Crippen molar-refractivity contribution in [2.24, 2.45) is 0 Å². The summed E-state index contributed by atoms with van der Waals surface area (Å²) >= 11 is 0. The van der Waals surface area contributed by atoms with Gasteiger partial charge in [0.15, 0.2) is 0 Å². The van der Waals surface area contributed by atoms with Crippen LogP contribution in [0.5, 0.6) is 0 Å². The fourth-order valence-corrected chi connectivity index (χ4v) is 2.80. The first-order valence-corrected chi connectivity index (χ1v) is 8.58. The van der Waals surface area contributed by atoms with Crippen molar-refractivity contribution in [3.05, 3.63) is 41.1 Å². The summed E-state index contributed by atoms with van der Waals surface area (Å²) < 4.78 is 4.98. The Kier molecular flexibility index (Phi) is 9.30. The number of hydrogen-bond donors (Lipinski definition) is 2. The summed E-state index contributed by atoms with van der Waals surface area (Å²) in [5, 5.41) is 7.17. The first-order valence-electron chi connectivity index (χ1n) is 8.58. The molecule has 0 spiro atoms. The average Bonchev–Trinajstić information content (AvgIpc) is 3.42. The number of benzene rings is 1. The minimum atomic E-state index is -0.0246. The Bertz CT molecular complexity index is 736. The van der Waals surface area contributed by atoms with Gasteiger partial charge in [-0.05, 0) is 38.0 Å². The van der Waals surface area contributed by atoms with Gasteiger partial charge in [0.25, 0.3) is 5.91 Å². The minimum Gasteiger partial charge on any atom is -0.383 e. The van der Waals surface area contributed by atoms with Crippen LogP contribution in [0.15, 0.2) is 24.3 Å². The number of fused-ring (bicyclic) bond motifs is 1. The highest BCUT2D eigenvalue weighted by atomic mass is 35.5. The Hall–Kier alpha value is -1.40. The van der Waals surface area contributed by atoms with Gasteiger partial charge in [0, 0.05) is 43.7 Å². The Morgan fingerprint density at radius 3 is 2.65 bits per heavy atom. The van der Waals surface area contributed by atoms with Crippen molar-refractivity contribution in [2.45, 2.75) is 25.7 Å². The highest BCUT2D eigenvalue weighted by Gasteiger charge is 2.26. The number of hydrogen-bond acceptors (Lipinski definition) is 4. The van der Waals surface area contributed by atoms with E-state index in [9.17, 15) is 4.79 Å². The maximum absolute atomic E-state index is 12.7. The van der Waals surface area contributed by atoms with Gasteiger partial charge in [-0.1, -0.05) is 11.6 Å². The molecule has 1 amide bonds. The van der Waals surface area contributed by atoms with Gasteiger partial charge in [0.1, 0.15) is 0 Å². The van der Waals surface area contributed by atoms with Crippen molar-refractivity contribution in [3.63, 3.8) is 0 Å². The van der Waals surface area contributed by atoms with Crippen LogP contribution in [0.25, 0.3) is 10.9 Å². The maximum atomic E-state index is 12.7. The lowest BCUT2D eigenvalue weighted by Crippen LogP contribution is -2.33. The topological polar surface area (TPSA) is 63.2 Å². The van der Waals surface area contributed by atoms with Crippen LogP contribution in [0.1, 0.15) is 40.4 Å². The highest BCUT2D eigenvalue weighted by Crippen LogP contribution is 2.40. The summed E-state index contributed by atoms with van der Waals surface area (Å²) in [6, 6.07) is 8.09. The van der Waals surface area contributed by atoms with Crippen LogP contribution in [-0.2, 0) is 4.74 Å². The molecule has 0 saturated heterocycles. The summed E-state index contributed by atoms with van der Waals surface area (Å²) in [7, 11) is 1.68. The number of carbonyl (C=O) groups excluding carboxylic acids is 1. The zero-order chi connectivity index (χ0) is 16.9. The number of nitrogens with zero attached hydrogens (tertiary/aromatic N) is 1. The number of pyridine rings is 1. The molecule has 1 heterocycles. The number of carbonyl (C=O) groups is 1. The SMILES string of the molecule is COCCNCCNC(=O)c1cc(C2CC2)nc2ccc(C)cc12.Cl.Cl. The molecule has 2 N–H and O–H groups in total. The monoisotopic (exact) mass is 399 g/mol. The molecule has 5 nitrogen and oxygen atoms in total. The molecule has 3 rings (SSSR count). The van der Waals surface area contributed by atoms with E-state index in [2.05, 4.69) is 10.6 Å². The van der Waals surface area contributed by atoms with Crippen molar-refractivity contribution in [3.8, 4) is 0 Å². The fourth-order valence-electron chi connectivity index (χ4n) is 2.80. The van der Waals surface area contributed by atoms with Crippen molar-refractivity contribution < 1.29 is 9.53 Å². The molecule has 1 aliphatic carbocycles. The third-order valence-electron chi connectivity index (χ3n) is 4.29. The Labute approximate surface area is 167 Å². The number of nitrogens with one attached hydrogen (secondary N) is 2. The second kappa shape index (κ2) is 10.7. The number of methoxy groups -OCH3 is 1. The van der Waals surface area contributed by atoms with Gasteiger partial charge in [-0.3, -0.25) is 9.78 Å². The molecule has 144 valence electrons. The largest absolute Gasteiger partial charge is 0.383 e. The van der Waals surface area contributed by atoms with Crippen molar-refractivity contribution in [1.82, 2.24) is 15.6 Å². The van der Waals surface area contributed by atoms with Crippen molar-refractivity contribution in [2.75, 3.05) is 33.4 Å². The molecule has 0 unspecified atom stereocenters. The van der Waals surface area contributed by atoms with Crippen LogP contribution < -0.4 is 10.6 Å². The number of aromatic nitrogens is 1. The number of ether oxygens (including phenoxy) is 1. The molecule has 1 aromatic carbocycles. The second-order valence-corrected chi connectivity index (χ2v) is 6.39. The first-order chi connectivity index (χ1) is 11.7. The van der Waals surface area contributed by atoms with Gasteiger partial charge >= 0.3 is 0 Å². The molecule has 0 bridgehead atoms. The standard InChI is InChI=1S/C19H25N3O2.2ClH/c1-13-3-6-17-15(11-13)16(12-18(22-17)14-4-5-14)19(23)21-8-7-20-9-10-24-2;;/h3,6,11-12,14,20H,4-5,7-10H2,1-2H3,(H,21,23);2*1H. The van der Waals surface area contributed by atoms with E-state index in [1.807, 2.05) is 31.2 Å². The highest BCUT2D eigenvalue weighted by molar-refractivity contribution is 6.06. The van der Waals surface area contributed by atoms with Gasteiger partial charge in [0.05, 0.1) is 17.7 Å². The van der Waals surface area contributed by atoms with Crippen molar-refractivity contribution >= 4 is 41.6 Å². The van der Waals surface area contributed by atoms with Gasteiger partial charge < -0.3 is 15.4 Å². The molecule has 1 aromatic heterocycles. The Morgan fingerprint density at radius 1 is 1.19 bits per heavy atom. The second-order valence-electron chi connectivity index (χ2n) is 6.39. The smallest absolute Gasteiger partial charge is 0.252 e. The molecule has 7 heteroatoms. The molecular formula is C19H27Cl2N3O2. The molecular weight excluding hydrogens is 373 g/mol. The zero-order valence-corrected chi connectivity index (χ0v) is 16.8. The predicted octanol–water partition coefficient (Wildman–Crippen LogP) is 3.23. The van der Waals surface area contributed by atoms with E-state index in [0.717, 1.165) is 40.8 Å². The van der Waals surface area contributed by atoms with Crippen LogP contribution in [0.2, 0.25) is 0 Å². The molecule has 2 aromatic rings. The Morgan fingerprint density at radius 2 is 1.96 bits per heavy atom. The maximum Gasteiger partial charge on any atom is 0.252 e. The summed E-state index contributed by atoms with van der Waals surface area (Å²) in [6.07, 6.45) is 2.35. The van der Waals surface area contributed by atoms with E-state index in [1.54, 1.807) is 7.11 Å². The molecule has 0 aliphatic heterocycles. The molecule has 26 heavy (non-hydrogen) atoms. The van der Waals surface area contributed by atoms with E-state index in [-0.39, 0.29) is 30.7 Å². The van der Waals surface area contributed by atoms with Crippen LogP contribution in [0.3, 0.4) is 0 Å². The van der Waals surface area contributed by atoms with Gasteiger partial charge in [-0.2, -0.15) is 0 Å². The lowest BCUT2D eigenvalue weighted by molar-refractivity contribution is 0.0955. The summed E-state index contributed by atoms with van der Waals surface area (Å²) in [6.45, 7) is 4.82. The molecule has 0 radical (unpaired) electrons. The van der Waals surface area contributed by atoms with Crippen molar-refractivity contribution in [1.29, 1.82) is 0 Å². The molecule has 1 fully saturated rings. The van der Waals surface area contributed by atoms with Gasteiger partial charge in [0.2, 0.25) is 0 Å². The first kappa shape index (κ1) is 22.6. The van der Waals surface area contributed by atoms with E-state index in [1.165, 1.54) is 12.8 Å². The minimum absolute atomic E-state index is 0. The lowest BCUT2D eigenvalue weighted by atomic mass is 10.0. The van der Waals surface area contributed by atoms with Gasteiger partial charge in [-0.25, -0.2) is 0 Å². The van der Waals surface area contributed by atoms with Crippen LogP contribution in [-0.4, -0.2) is 44.2 Å². The molecule has 0 atom stereocenters. The summed E-state index contributed by atoms with van der Waals surface area (Å²) in [4.78, 5) is 17.4. The van der Waals surface area contributed by atoms with Crippen LogP contribution in [0, 0.1) is 6.92 Å². The van der Waals surface area contributed by atoms with E-state index >= 15 is 0 Å². The van der Waals surface area contributed by atoms with E-state index in [4.69, 9.17) is 9.72 Å². The summed E-state index contributed by atoms with van der Waals surface area (Å²) in [5.41, 5.74) is 3.84. The number of halogens is 2. The summed E-state index contributed by atoms with van der Waals surface area (Å²) in [5.74, 6) is 0.501. The number of rotatable bonds is 8. The fraction of sp³-hybridized carbons (Fsp3) is 0.474. The van der Waals surface area contributed by atoms with Crippen LogP contribution >= 0.6 is 24.8 Å². The van der Waals surface area contributed by atoms with Gasteiger partial charge in [-0.15, -0.1) is 24.8 Å². The predicted molar refractivity (Wildman–Crippen MR) is 110 cm³/mol. The third-order valence-corrected chi connectivity index (χ3v) is 4.29. The lowest BCUT2D eigenvalue weighted by Gasteiger charge is -2.11. The number of amides is 1. The van der Waals surface area contributed by atoms with E-state index in [0.29, 0.717) is 19.1 Å². The Balaban J connectivity index is 0.00000169. The van der Waals surface area contributed by atoms with Crippen LogP contribution in [0.4, 0.5) is 0 Å². The zero-order valence-electron chi connectivity index (χ0n) is 15.2. The quantitative estimate of drug-likeness (QED) is 0.668. The van der Waals surface area contributed by atoms with E-state index < -0.39 is 0 Å². The average molecular weight is 400 g/mol. The normalized spacial score (nSPS) is 13.0. The third kappa shape index (κ3) is 5.81.